The van der Waals surface area contributed by atoms with Gasteiger partial charge in [-0.2, -0.15) is 0 Å². The Bertz CT molecular complexity index is 628. The van der Waals surface area contributed by atoms with E-state index >= 15 is 0 Å². The normalized spacial score (nSPS) is 10.5. The first-order valence-electron chi connectivity index (χ1n) is 5.05. The van der Waals surface area contributed by atoms with Crippen molar-refractivity contribution in [3.05, 3.63) is 47.1 Å². The molecule has 1 aromatic carbocycles. The number of nitrogens with zero attached hydrogens (tertiary/aromatic N) is 1. The molecule has 0 amide bonds. The van der Waals surface area contributed by atoms with Crippen LogP contribution in [-0.2, 0) is 6.54 Å². The summed E-state index contributed by atoms with van der Waals surface area (Å²) in [5.41, 5.74) is -0.574. The van der Waals surface area contributed by atoms with E-state index in [1.54, 1.807) is 0 Å². The summed E-state index contributed by atoms with van der Waals surface area (Å²) in [7, 11) is 0. The summed E-state index contributed by atoms with van der Waals surface area (Å²) in [5, 5.41) is 14.3. The molecule has 0 saturated carbocycles. The molecule has 19 heavy (non-hydrogen) atoms. The second-order valence-electron chi connectivity index (χ2n) is 3.56. The van der Waals surface area contributed by atoms with Crippen molar-refractivity contribution in [2.24, 2.45) is 0 Å². The van der Waals surface area contributed by atoms with Crippen LogP contribution in [0.1, 0.15) is 16.2 Å². The number of benzene rings is 1. The Hall–Kier alpha value is -2.51. The molecule has 0 fully saturated rings. The van der Waals surface area contributed by atoms with Gasteiger partial charge in [-0.3, -0.25) is 0 Å². The number of aromatic carboxylic acids is 1. The van der Waals surface area contributed by atoms with Gasteiger partial charge in [-0.1, -0.05) is 5.16 Å². The minimum Gasteiger partial charge on any atom is -0.476 e. The van der Waals surface area contributed by atoms with Crippen molar-refractivity contribution in [3.63, 3.8) is 0 Å². The lowest BCUT2D eigenvalue weighted by Gasteiger charge is -2.06. The maximum atomic E-state index is 13.3. The summed E-state index contributed by atoms with van der Waals surface area (Å²) in [5.74, 6) is -5.40. The molecule has 1 heterocycles. The van der Waals surface area contributed by atoms with Crippen LogP contribution in [0.15, 0.2) is 22.7 Å². The van der Waals surface area contributed by atoms with Gasteiger partial charge in [0.05, 0.1) is 12.2 Å². The smallest absolute Gasteiger partial charge is 0.358 e. The molecule has 0 atom stereocenters. The Morgan fingerprint density at radius 3 is 2.68 bits per heavy atom. The van der Waals surface area contributed by atoms with Crippen LogP contribution >= 0.6 is 0 Å². The topological polar surface area (TPSA) is 75.4 Å². The lowest BCUT2D eigenvalue weighted by Crippen LogP contribution is -2.03. The Morgan fingerprint density at radius 1 is 1.32 bits per heavy atom. The third-order valence-corrected chi connectivity index (χ3v) is 2.27. The molecule has 0 bridgehead atoms. The predicted molar refractivity (Wildman–Crippen MR) is 57.1 cm³/mol. The lowest BCUT2D eigenvalue weighted by molar-refractivity contribution is 0.0685. The standard InChI is InChI=1S/C11H7F3N2O3/c12-6-1-2-7(10(14)9(6)13)15-4-5-3-8(11(17)18)16-19-5/h1-3,15H,4H2,(H,17,18). The Morgan fingerprint density at radius 2 is 2.05 bits per heavy atom. The van der Waals surface area contributed by atoms with E-state index in [2.05, 4.69) is 15.0 Å². The van der Waals surface area contributed by atoms with Gasteiger partial charge in [-0.25, -0.2) is 18.0 Å². The quantitative estimate of drug-likeness (QED) is 0.836. The number of carboxylic acids is 1. The minimum absolute atomic E-state index is 0.113. The number of hydrogen-bond acceptors (Lipinski definition) is 4. The molecule has 2 aromatic rings. The Balaban J connectivity index is 2.10. The van der Waals surface area contributed by atoms with Crippen molar-refractivity contribution < 1.29 is 27.6 Å². The van der Waals surface area contributed by atoms with Crippen LogP contribution in [0.2, 0.25) is 0 Å². The monoisotopic (exact) mass is 272 g/mol. The maximum Gasteiger partial charge on any atom is 0.358 e. The molecule has 0 aliphatic rings. The van der Waals surface area contributed by atoms with Crippen molar-refractivity contribution in [2.45, 2.75) is 6.54 Å². The van der Waals surface area contributed by atoms with Gasteiger partial charge in [0.15, 0.2) is 28.9 Å². The van der Waals surface area contributed by atoms with Gasteiger partial charge in [0.2, 0.25) is 0 Å². The van der Waals surface area contributed by atoms with Crippen LogP contribution in [0.4, 0.5) is 18.9 Å². The van der Waals surface area contributed by atoms with Crippen LogP contribution in [0.25, 0.3) is 0 Å². The highest BCUT2D eigenvalue weighted by atomic mass is 19.2. The number of carboxylic acid groups (broad SMARTS) is 1. The molecule has 2 rings (SSSR count). The zero-order valence-corrected chi connectivity index (χ0v) is 9.28. The Kier molecular flexibility index (Phi) is 3.41. The third-order valence-electron chi connectivity index (χ3n) is 2.27. The maximum absolute atomic E-state index is 13.3. The van der Waals surface area contributed by atoms with Gasteiger partial charge in [-0.15, -0.1) is 0 Å². The van der Waals surface area contributed by atoms with E-state index in [4.69, 9.17) is 5.11 Å². The average molecular weight is 272 g/mol. The summed E-state index contributed by atoms with van der Waals surface area (Å²) in [6.45, 7) is -0.123. The van der Waals surface area contributed by atoms with Crippen molar-refractivity contribution in [1.29, 1.82) is 0 Å². The summed E-state index contributed by atoms with van der Waals surface area (Å²) >= 11 is 0. The highest BCUT2D eigenvalue weighted by molar-refractivity contribution is 5.85. The number of rotatable bonds is 4. The molecular formula is C11H7F3N2O3. The molecule has 0 unspecified atom stereocenters. The first-order chi connectivity index (χ1) is 8.99. The molecule has 0 aliphatic carbocycles. The van der Waals surface area contributed by atoms with Crippen LogP contribution in [0, 0.1) is 17.5 Å². The number of halogens is 3. The molecule has 8 heteroatoms. The summed E-state index contributed by atoms with van der Waals surface area (Å²) < 4.78 is 43.5. The zero-order valence-electron chi connectivity index (χ0n) is 9.28. The van der Waals surface area contributed by atoms with Gasteiger partial charge in [0, 0.05) is 6.07 Å². The molecule has 1 aromatic heterocycles. The van der Waals surface area contributed by atoms with Crippen molar-refractivity contribution in [2.75, 3.05) is 5.32 Å². The van der Waals surface area contributed by atoms with Crippen molar-refractivity contribution in [1.82, 2.24) is 5.16 Å². The van der Waals surface area contributed by atoms with E-state index < -0.39 is 23.4 Å². The lowest BCUT2D eigenvalue weighted by atomic mass is 10.2. The molecule has 5 nitrogen and oxygen atoms in total. The first-order valence-corrected chi connectivity index (χ1v) is 5.05. The van der Waals surface area contributed by atoms with Gasteiger partial charge in [-0.05, 0) is 12.1 Å². The van der Waals surface area contributed by atoms with E-state index in [0.29, 0.717) is 0 Å². The van der Waals surface area contributed by atoms with E-state index in [0.717, 1.165) is 18.2 Å². The summed E-state index contributed by atoms with van der Waals surface area (Å²) in [6.07, 6.45) is 0. The van der Waals surface area contributed by atoms with E-state index in [-0.39, 0.29) is 23.7 Å². The van der Waals surface area contributed by atoms with Crippen LogP contribution in [0.5, 0.6) is 0 Å². The summed E-state index contributed by atoms with van der Waals surface area (Å²) in [6, 6.07) is 2.92. The van der Waals surface area contributed by atoms with Gasteiger partial charge in [0.1, 0.15) is 0 Å². The first kappa shape index (κ1) is 12.9. The molecule has 0 aliphatic heterocycles. The second-order valence-corrected chi connectivity index (χ2v) is 3.56. The fourth-order valence-electron chi connectivity index (χ4n) is 1.34. The molecule has 0 saturated heterocycles. The fraction of sp³-hybridized carbons (Fsp3) is 0.0909. The van der Waals surface area contributed by atoms with E-state index in [9.17, 15) is 18.0 Å². The van der Waals surface area contributed by atoms with Crippen LogP contribution < -0.4 is 5.32 Å². The molecular weight excluding hydrogens is 265 g/mol. The highest BCUT2D eigenvalue weighted by Gasteiger charge is 2.14. The Labute approximate surface area is 104 Å². The van der Waals surface area contributed by atoms with E-state index in [1.807, 2.05) is 0 Å². The van der Waals surface area contributed by atoms with Crippen molar-refractivity contribution >= 4 is 11.7 Å². The van der Waals surface area contributed by atoms with Gasteiger partial charge < -0.3 is 14.9 Å². The number of nitrogens with one attached hydrogen (secondary N) is 1. The SMILES string of the molecule is O=C(O)c1cc(CNc2ccc(F)c(F)c2F)on1. The molecule has 0 radical (unpaired) electrons. The van der Waals surface area contributed by atoms with Crippen LogP contribution in [-0.4, -0.2) is 16.2 Å². The summed E-state index contributed by atoms with van der Waals surface area (Å²) in [4.78, 5) is 10.5. The van der Waals surface area contributed by atoms with Crippen LogP contribution in [0.3, 0.4) is 0 Å². The third kappa shape index (κ3) is 2.67. The van der Waals surface area contributed by atoms with E-state index in [1.165, 1.54) is 0 Å². The number of carbonyl (C=O) groups is 1. The number of hydrogen-bond donors (Lipinski definition) is 2. The average Bonchev–Trinajstić information content (AvgIpc) is 2.84. The number of aromatic nitrogens is 1. The van der Waals surface area contributed by atoms with Gasteiger partial charge in [0.25, 0.3) is 0 Å². The largest absolute Gasteiger partial charge is 0.476 e. The molecule has 100 valence electrons. The molecule has 2 N–H and O–H groups in total. The zero-order chi connectivity index (χ0) is 14.0. The highest BCUT2D eigenvalue weighted by Crippen LogP contribution is 2.20. The van der Waals surface area contributed by atoms with Crippen molar-refractivity contribution in [3.8, 4) is 0 Å². The predicted octanol–water partition coefficient (Wildman–Crippen LogP) is 2.40. The number of anilines is 1. The fourth-order valence-corrected chi connectivity index (χ4v) is 1.34. The second kappa shape index (κ2) is 5.01. The molecule has 0 spiro atoms. The van der Waals surface area contributed by atoms with Gasteiger partial charge >= 0.3 is 5.97 Å². The minimum atomic E-state index is -1.59.